The lowest BCUT2D eigenvalue weighted by Gasteiger charge is -2.32. The summed E-state index contributed by atoms with van der Waals surface area (Å²) >= 11 is 0. The van der Waals surface area contributed by atoms with E-state index in [1.54, 1.807) is 4.72 Å². The number of ether oxygens (including phenoxy) is 1. The molecule has 0 aromatic heterocycles. The molecule has 1 heterocycles. The minimum atomic E-state index is -4.78. The van der Waals surface area contributed by atoms with Gasteiger partial charge in [-0.15, -0.1) is 0 Å². The number of ketones is 1. The molecule has 1 spiro atoms. The van der Waals surface area contributed by atoms with Gasteiger partial charge in [0.15, 0.2) is 11.4 Å². The highest BCUT2D eigenvalue weighted by molar-refractivity contribution is 7.88. The predicted octanol–water partition coefficient (Wildman–Crippen LogP) is 2.64. The van der Waals surface area contributed by atoms with Crippen LogP contribution in [0.5, 0.6) is 0 Å². The van der Waals surface area contributed by atoms with Crippen molar-refractivity contribution in [3.8, 4) is 0 Å². The summed E-state index contributed by atoms with van der Waals surface area (Å²) < 4.78 is 88.2. The van der Waals surface area contributed by atoms with Crippen LogP contribution in [0.15, 0.2) is 47.7 Å². The Morgan fingerprint density at radius 3 is 2.47 bits per heavy atom. The highest BCUT2D eigenvalue weighted by Crippen LogP contribution is 2.48. The first-order valence-electron chi connectivity index (χ1n) is 14.2. The molecular formula is C28H31F4N5O7S. The van der Waals surface area contributed by atoms with Gasteiger partial charge in [-0.05, 0) is 67.9 Å². The van der Waals surface area contributed by atoms with Gasteiger partial charge in [0.05, 0.1) is 12.2 Å². The predicted molar refractivity (Wildman–Crippen MR) is 148 cm³/mol. The second-order valence-electron chi connectivity index (χ2n) is 11.6. The monoisotopic (exact) mass is 657 g/mol. The Morgan fingerprint density at radius 2 is 1.82 bits per heavy atom. The van der Waals surface area contributed by atoms with Crippen molar-refractivity contribution in [1.29, 1.82) is 0 Å². The lowest BCUT2D eigenvalue weighted by molar-refractivity contribution is -0.187. The molecule has 244 valence electrons. The molecular weight excluding hydrogens is 626 g/mol. The number of nitrogens with one attached hydrogen (secondary N) is 3. The molecule has 0 bridgehead atoms. The van der Waals surface area contributed by atoms with E-state index >= 15 is 0 Å². The average molecular weight is 658 g/mol. The van der Waals surface area contributed by atoms with Crippen molar-refractivity contribution >= 4 is 34.0 Å². The Labute approximate surface area is 256 Å². The van der Waals surface area contributed by atoms with E-state index in [1.165, 1.54) is 24.3 Å². The molecule has 3 fully saturated rings. The second-order valence-corrected chi connectivity index (χ2v) is 13.1. The fraction of sp³-hybridized carbons (Fsp3) is 0.500. The number of hydrogen-bond acceptors (Lipinski definition) is 7. The number of allylic oxidation sites excluding steroid dienone is 3. The number of rotatable bonds is 10. The minimum absolute atomic E-state index is 0.163. The van der Waals surface area contributed by atoms with Crippen LogP contribution in [0.3, 0.4) is 0 Å². The molecule has 4 amide bonds. The highest BCUT2D eigenvalue weighted by Gasteiger charge is 2.56. The van der Waals surface area contributed by atoms with Crippen LogP contribution >= 0.6 is 0 Å². The first-order valence-corrected chi connectivity index (χ1v) is 15.7. The first-order chi connectivity index (χ1) is 21.1. The molecule has 1 aromatic rings. The van der Waals surface area contributed by atoms with Crippen molar-refractivity contribution < 1.29 is 49.9 Å². The summed E-state index contributed by atoms with van der Waals surface area (Å²) in [4.78, 5) is 53.1. The summed E-state index contributed by atoms with van der Waals surface area (Å²) in [6, 6.07) is 1.28. The SMILES string of the molecule is C[C@H](N(Cc1ccc(F)cc1)C(=O)CN1CC2(CCC3C(=O)C(NC(=O)NS(=O)(=O)NCC4CC4)=CC=C32)OC1=O)C(F)(F)F. The molecule has 3 aliphatic carbocycles. The van der Waals surface area contributed by atoms with Gasteiger partial charge >= 0.3 is 28.5 Å². The second kappa shape index (κ2) is 12.1. The third-order valence-corrected chi connectivity index (χ3v) is 9.33. The zero-order chi connectivity index (χ0) is 32.7. The number of carbonyl (C=O) groups excluding carboxylic acids is 4. The topological polar surface area (TPSA) is 154 Å². The van der Waals surface area contributed by atoms with Gasteiger partial charge in [-0.25, -0.2) is 18.7 Å². The number of halogens is 4. The van der Waals surface area contributed by atoms with Crippen molar-refractivity contribution in [2.24, 2.45) is 11.8 Å². The molecule has 3 N–H and O–H groups in total. The van der Waals surface area contributed by atoms with Crippen LogP contribution in [0.25, 0.3) is 0 Å². The van der Waals surface area contributed by atoms with Crippen LogP contribution < -0.4 is 14.8 Å². The number of carbonyl (C=O) groups is 4. The number of benzene rings is 1. The van der Waals surface area contributed by atoms with Crippen molar-refractivity contribution in [2.75, 3.05) is 19.6 Å². The quantitative estimate of drug-likeness (QED) is 0.327. The number of alkyl halides is 3. The van der Waals surface area contributed by atoms with Crippen LogP contribution in [-0.4, -0.2) is 79.5 Å². The van der Waals surface area contributed by atoms with Gasteiger partial charge in [0.2, 0.25) is 5.91 Å². The summed E-state index contributed by atoms with van der Waals surface area (Å²) in [6.45, 7) is -0.430. The van der Waals surface area contributed by atoms with Gasteiger partial charge in [-0.1, -0.05) is 18.2 Å². The summed E-state index contributed by atoms with van der Waals surface area (Å²) in [5.41, 5.74) is -0.852. The zero-order valence-corrected chi connectivity index (χ0v) is 24.8. The summed E-state index contributed by atoms with van der Waals surface area (Å²) in [5.74, 6) is -2.74. The summed E-state index contributed by atoms with van der Waals surface area (Å²) in [7, 11) is -4.14. The van der Waals surface area contributed by atoms with Gasteiger partial charge < -0.3 is 15.0 Å². The number of amides is 4. The number of nitrogens with zero attached hydrogens (tertiary/aromatic N) is 2. The van der Waals surface area contributed by atoms with E-state index in [1.807, 2.05) is 0 Å². The molecule has 5 rings (SSSR count). The smallest absolute Gasteiger partial charge is 0.411 e. The first kappa shape index (κ1) is 32.4. The van der Waals surface area contributed by atoms with E-state index in [2.05, 4.69) is 10.0 Å². The fourth-order valence-electron chi connectivity index (χ4n) is 5.63. The van der Waals surface area contributed by atoms with E-state index in [0.29, 0.717) is 10.5 Å². The summed E-state index contributed by atoms with van der Waals surface area (Å²) in [6.07, 6.45) is -0.855. The molecule has 3 atom stereocenters. The largest absolute Gasteiger partial charge is 0.436 e. The molecule has 4 aliphatic rings. The van der Waals surface area contributed by atoms with Crippen molar-refractivity contribution in [3.05, 3.63) is 59.1 Å². The number of Topliss-reactive ketones (excluding diaryl/α,β-unsaturated/α-hetero) is 1. The van der Waals surface area contributed by atoms with Gasteiger partial charge in [0, 0.05) is 19.0 Å². The Kier molecular flexibility index (Phi) is 8.70. The zero-order valence-electron chi connectivity index (χ0n) is 24.0. The molecule has 17 heteroatoms. The Balaban J connectivity index is 1.26. The fourth-order valence-corrected chi connectivity index (χ4v) is 6.46. The Hall–Kier alpha value is -3.99. The van der Waals surface area contributed by atoms with Crippen molar-refractivity contribution in [2.45, 2.75) is 57.0 Å². The standard InChI is InChI=1S/C28H31F4N5O7S/c1-16(28(30,31)32)37(13-18-4-6-19(29)7-5-18)23(38)14-36-15-27(44-26(36)41)11-10-20-21(27)8-9-22(24(20)39)34-25(40)35-45(42,43)33-12-17-2-3-17/h4-9,16-17,20,33H,2-3,10-15H2,1H3,(H2,34,35,40)/t16-,20?,27?/m0/s1. The Morgan fingerprint density at radius 1 is 1.13 bits per heavy atom. The number of fused-ring (bicyclic) bond motifs is 2. The van der Waals surface area contributed by atoms with Crippen LogP contribution in [0, 0.1) is 17.7 Å². The van der Waals surface area contributed by atoms with Crippen LogP contribution in [0.2, 0.25) is 0 Å². The van der Waals surface area contributed by atoms with E-state index < -0.39 is 76.7 Å². The third-order valence-electron chi connectivity index (χ3n) is 8.33. The van der Waals surface area contributed by atoms with Gasteiger partial charge in [0.1, 0.15) is 18.4 Å². The van der Waals surface area contributed by atoms with E-state index in [0.717, 1.165) is 36.8 Å². The molecule has 1 aliphatic heterocycles. The molecule has 1 saturated heterocycles. The minimum Gasteiger partial charge on any atom is -0.436 e. The Bertz CT molecular complexity index is 1560. The maximum atomic E-state index is 13.7. The summed E-state index contributed by atoms with van der Waals surface area (Å²) in [5, 5.41) is 2.24. The van der Waals surface area contributed by atoms with E-state index in [-0.39, 0.29) is 43.1 Å². The highest BCUT2D eigenvalue weighted by atomic mass is 32.2. The molecule has 45 heavy (non-hydrogen) atoms. The third kappa shape index (κ3) is 7.30. The molecule has 2 unspecified atom stereocenters. The van der Waals surface area contributed by atoms with Crippen LogP contribution in [0.4, 0.5) is 27.2 Å². The number of hydrogen-bond donors (Lipinski definition) is 3. The normalized spacial score (nSPS) is 23.7. The van der Waals surface area contributed by atoms with Crippen molar-refractivity contribution in [3.63, 3.8) is 0 Å². The van der Waals surface area contributed by atoms with Gasteiger partial charge in [-0.3, -0.25) is 14.5 Å². The molecule has 1 aromatic carbocycles. The molecule has 2 saturated carbocycles. The molecule has 0 radical (unpaired) electrons. The average Bonchev–Trinajstić information content (AvgIpc) is 3.65. The van der Waals surface area contributed by atoms with Crippen LogP contribution in [-0.2, 0) is 31.1 Å². The lowest BCUT2D eigenvalue weighted by Crippen LogP contribution is -2.50. The van der Waals surface area contributed by atoms with Gasteiger partial charge in [0.25, 0.3) is 0 Å². The van der Waals surface area contributed by atoms with E-state index in [4.69, 9.17) is 4.74 Å². The van der Waals surface area contributed by atoms with Crippen LogP contribution in [0.1, 0.15) is 38.2 Å². The number of urea groups is 1. The maximum Gasteiger partial charge on any atom is 0.411 e. The lowest BCUT2D eigenvalue weighted by atomic mass is 9.85. The van der Waals surface area contributed by atoms with Gasteiger partial charge in [-0.2, -0.15) is 26.3 Å². The van der Waals surface area contributed by atoms with E-state index in [9.17, 15) is 45.2 Å². The molecule has 12 nitrogen and oxygen atoms in total. The van der Waals surface area contributed by atoms with Crippen molar-refractivity contribution in [1.82, 2.24) is 24.6 Å². The maximum absolute atomic E-state index is 13.7.